The molecule has 0 radical (unpaired) electrons. The van der Waals surface area contributed by atoms with Crippen LogP contribution >= 0.6 is 12.4 Å². The Morgan fingerprint density at radius 1 is 0.938 bits per heavy atom. The van der Waals surface area contributed by atoms with E-state index in [1.807, 2.05) is 30.3 Å². The molecule has 0 bridgehead atoms. The van der Waals surface area contributed by atoms with E-state index in [-0.39, 0.29) is 18.2 Å². The monoisotopic (exact) mass is 237 g/mol. The maximum absolute atomic E-state index is 9.37. The van der Waals surface area contributed by atoms with Crippen LogP contribution in [0.1, 0.15) is 0 Å². The van der Waals surface area contributed by atoms with Gasteiger partial charge in [-0.25, -0.2) is 0 Å². The first-order chi connectivity index (χ1) is 7.25. The molecule has 2 rings (SSSR count). The minimum Gasteiger partial charge on any atom is -0.506 e. The Morgan fingerprint density at radius 2 is 1.62 bits per heavy atom. The van der Waals surface area contributed by atoms with Gasteiger partial charge in [0.2, 0.25) is 0 Å². The van der Waals surface area contributed by atoms with Gasteiger partial charge in [0.15, 0.2) is 0 Å². The molecule has 0 fully saturated rings. The number of anilines is 1. The molecular formula is C12H12ClNO2. The van der Waals surface area contributed by atoms with Gasteiger partial charge in [-0.1, -0.05) is 18.2 Å². The van der Waals surface area contributed by atoms with Gasteiger partial charge in [-0.3, -0.25) is 0 Å². The lowest BCUT2D eigenvalue weighted by Gasteiger charge is -2.06. The molecule has 0 aliphatic carbocycles. The molecule has 4 heteroatoms. The molecule has 0 spiro atoms. The highest BCUT2D eigenvalue weighted by molar-refractivity contribution is 5.85. The summed E-state index contributed by atoms with van der Waals surface area (Å²) in [6.45, 7) is 0. The topological polar surface area (TPSA) is 55.5 Å². The molecule has 2 aromatic carbocycles. The van der Waals surface area contributed by atoms with Gasteiger partial charge >= 0.3 is 0 Å². The average molecular weight is 238 g/mol. The first-order valence-electron chi connectivity index (χ1n) is 4.57. The summed E-state index contributed by atoms with van der Waals surface area (Å²) in [5.41, 5.74) is 5.82. The molecule has 3 nitrogen and oxygen atoms in total. The van der Waals surface area contributed by atoms with Gasteiger partial charge in [0.25, 0.3) is 0 Å². The molecule has 0 amide bonds. The van der Waals surface area contributed by atoms with Crippen LogP contribution in [-0.2, 0) is 0 Å². The van der Waals surface area contributed by atoms with Crippen molar-refractivity contribution in [1.82, 2.24) is 0 Å². The number of halogens is 1. The second-order valence-corrected chi connectivity index (χ2v) is 3.14. The number of nitrogen functional groups attached to an aromatic ring is 1. The predicted molar refractivity (Wildman–Crippen MR) is 66.3 cm³/mol. The zero-order chi connectivity index (χ0) is 10.7. The van der Waals surface area contributed by atoms with Crippen molar-refractivity contribution in [1.29, 1.82) is 0 Å². The average Bonchev–Trinajstić information content (AvgIpc) is 2.25. The number of nitrogens with two attached hydrogens (primary N) is 1. The molecule has 2 aromatic rings. The summed E-state index contributed by atoms with van der Waals surface area (Å²) in [6.07, 6.45) is 0. The van der Waals surface area contributed by atoms with Crippen molar-refractivity contribution in [2.24, 2.45) is 0 Å². The molecule has 84 valence electrons. The van der Waals surface area contributed by atoms with Crippen LogP contribution in [0.4, 0.5) is 5.69 Å². The van der Waals surface area contributed by atoms with E-state index in [0.29, 0.717) is 11.4 Å². The fraction of sp³-hybridized carbons (Fsp3) is 0. The lowest BCUT2D eigenvalue weighted by atomic mass is 10.3. The number of ether oxygens (including phenoxy) is 1. The number of para-hydroxylation sites is 1. The van der Waals surface area contributed by atoms with Crippen molar-refractivity contribution in [2.45, 2.75) is 0 Å². The summed E-state index contributed by atoms with van der Waals surface area (Å²) in [7, 11) is 0. The third kappa shape index (κ3) is 2.81. The Labute approximate surface area is 99.9 Å². The van der Waals surface area contributed by atoms with Gasteiger partial charge < -0.3 is 15.6 Å². The second-order valence-electron chi connectivity index (χ2n) is 3.14. The van der Waals surface area contributed by atoms with Gasteiger partial charge in [-0.05, 0) is 24.3 Å². The molecule has 0 heterocycles. The summed E-state index contributed by atoms with van der Waals surface area (Å²) in [5.74, 6) is 1.32. The number of hydrogen-bond acceptors (Lipinski definition) is 3. The van der Waals surface area contributed by atoms with Crippen LogP contribution in [0.25, 0.3) is 0 Å². The van der Waals surface area contributed by atoms with Crippen LogP contribution in [0, 0.1) is 0 Å². The maximum atomic E-state index is 9.37. The molecule has 0 saturated carbocycles. The van der Waals surface area contributed by atoms with E-state index in [4.69, 9.17) is 10.5 Å². The number of benzene rings is 2. The Bertz CT molecular complexity index is 460. The molecule has 0 saturated heterocycles. The van der Waals surface area contributed by atoms with E-state index in [1.165, 1.54) is 6.07 Å². The fourth-order valence-electron chi connectivity index (χ4n) is 1.21. The van der Waals surface area contributed by atoms with Crippen LogP contribution < -0.4 is 10.5 Å². The fourth-order valence-corrected chi connectivity index (χ4v) is 1.21. The summed E-state index contributed by atoms with van der Waals surface area (Å²) in [4.78, 5) is 0. The second kappa shape index (κ2) is 5.28. The quantitative estimate of drug-likeness (QED) is 0.623. The lowest BCUT2D eigenvalue weighted by Crippen LogP contribution is -1.87. The molecule has 0 aliphatic rings. The molecular weight excluding hydrogens is 226 g/mol. The number of rotatable bonds is 2. The van der Waals surface area contributed by atoms with Crippen molar-refractivity contribution in [3.05, 3.63) is 48.5 Å². The van der Waals surface area contributed by atoms with Gasteiger partial charge in [0, 0.05) is 6.07 Å². The molecule has 0 atom stereocenters. The van der Waals surface area contributed by atoms with E-state index < -0.39 is 0 Å². The zero-order valence-corrected chi connectivity index (χ0v) is 9.28. The van der Waals surface area contributed by atoms with Crippen LogP contribution in [0.3, 0.4) is 0 Å². The highest BCUT2D eigenvalue weighted by Gasteiger charge is 2.00. The van der Waals surface area contributed by atoms with Crippen LogP contribution in [0.15, 0.2) is 48.5 Å². The highest BCUT2D eigenvalue weighted by Crippen LogP contribution is 2.28. The van der Waals surface area contributed by atoms with E-state index in [0.717, 1.165) is 5.75 Å². The van der Waals surface area contributed by atoms with Crippen LogP contribution in [0.5, 0.6) is 17.2 Å². The normalized spacial score (nSPS) is 9.25. The predicted octanol–water partition coefficient (Wildman–Crippen LogP) is 3.19. The SMILES string of the molecule is Cl.Nc1ccc(Oc2ccccc2)cc1O. The number of hydrogen-bond donors (Lipinski definition) is 2. The Balaban J connectivity index is 0.00000128. The van der Waals surface area contributed by atoms with Gasteiger partial charge in [0.05, 0.1) is 5.69 Å². The molecule has 3 N–H and O–H groups in total. The van der Waals surface area contributed by atoms with E-state index in [2.05, 4.69) is 0 Å². The third-order valence-electron chi connectivity index (χ3n) is 1.98. The van der Waals surface area contributed by atoms with Gasteiger partial charge in [0.1, 0.15) is 17.2 Å². The molecule has 16 heavy (non-hydrogen) atoms. The van der Waals surface area contributed by atoms with Gasteiger partial charge in [-0.15, -0.1) is 12.4 Å². The Kier molecular flexibility index (Phi) is 4.03. The Hall–Kier alpha value is -1.87. The van der Waals surface area contributed by atoms with Crippen molar-refractivity contribution in [3.63, 3.8) is 0 Å². The van der Waals surface area contributed by atoms with Crippen molar-refractivity contribution < 1.29 is 9.84 Å². The third-order valence-corrected chi connectivity index (χ3v) is 1.98. The highest BCUT2D eigenvalue weighted by atomic mass is 35.5. The van der Waals surface area contributed by atoms with E-state index in [1.54, 1.807) is 12.1 Å². The summed E-state index contributed by atoms with van der Waals surface area (Å²) in [6, 6.07) is 14.2. The standard InChI is InChI=1S/C12H11NO2.ClH/c13-11-7-6-10(8-12(11)14)15-9-4-2-1-3-5-9;/h1-8,14H,13H2;1H. The minimum atomic E-state index is 0. The summed E-state index contributed by atoms with van der Waals surface area (Å²) >= 11 is 0. The van der Waals surface area contributed by atoms with Crippen LogP contribution in [-0.4, -0.2) is 5.11 Å². The summed E-state index contributed by atoms with van der Waals surface area (Å²) in [5, 5.41) is 9.37. The number of phenolic OH excluding ortho intramolecular Hbond substituents is 1. The first kappa shape index (κ1) is 12.2. The molecule has 0 aromatic heterocycles. The van der Waals surface area contributed by atoms with Gasteiger partial charge in [-0.2, -0.15) is 0 Å². The number of aromatic hydroxyl groups is 1. The minimum absolute atomic E-state index is 0. The smallest absolute Gasteiger partial charge is 0.142 e. The van der Waals surface area contributed by atoms with Crippen molar-refractivity contribution in [3.8, 4) is 17.2 Å². The zero-order valence-electron chi connectivity index (χ0n) is 8.46. The lowest BCUT2D eigenvalue weighted by molar-refractivity contribution is 0.457. The maximum Gasteiger partial charge on any atom is 0.142 e. The first-order valence-corrected chi connectivity index (χ1v) is 4.57. The van der Waals surface area contributed by atoms with Crippen LogP contribution in [0.2, 0.25) is 0 Å². The molecule has 0 unspecified atom stereocenters. The Morgan fingerprint density at radius 3 is 2.25 bits per heavy atom. The number of phenols is 1. The summed E-state index contributed by atoms with van der Waals surface area (Å²) < 4.78 is 5.50. The van der Waals surface area contributed by atoms with Crippen molar-refractivity contribution >= 4 is 18.1 Å². The van der Waals surface area contributed by atoms with E-state index in [9.17, 15) is 5.11 Å². The largest absolute Gasteiger partial charge is 0.506 e. The molecule has 0 aliphatic heterocycles. The van der Waals surface area contributed by atoms with E-state index >= 15 is 0 Å². The van der Waals surface area contributed by atoms with Crippen molar-refractivity contribution in [2.75, 3.05) is 5.73 Å².